The summed E-state index contributed by atoms with van der Waals surface area (Å²) in [4.78, 5) is 32.1. The van der Waals surface area contributed by atoms with E-state index >= 15 is 0 Å². The second-order valence-corrected chi connectivity index (χ2v) is 4.00. The van der Waals surface area contributed by atoms with Crippen LogP contribution in [-0.2, 0) is 20.9 Å². The van der Waals surface area contributed by atoms with Gasteiger partial charge < -0.3 is 4.74 Å². The Bertz CT molecular complexity index is 442. The molecule has 0 N–H and O–H groups in total. The number of aromatic nitrogens is 2. The maximum absolute atomic E-state index is 11.5. The highest BCUT2D eigenvalue weighted by Gasteiger charge is 2.27. The molecular weight excluding hydrogens is 246 g/mol. The lowest BCUT2D eigenvalue weighted by molar-refractivity contribution is -0.159. The van der Waals surface area contributed by atoms with Crippen molar-refractivity contribution in [2.75, 3.05) is 13.2 Å². The van der Waals surface area contributed by atoms with Gasteiger partial charge in [-0.3, -0.25) is 14.5 Å². The molecule has 90 valence electrons. The summed E-state index contributed by atoms with van der Waals surface area (Å²) in [5.74, 6) is -0.427. The molecule has 2 heterocycles. The average Bonchev–Trinajstić information content (AvgIpc) is 2.22. The Morgan fingerprint density at radius 2 is 2.00 bits per heavy atom. The van der Waals surface area contributed by atoms with E-state index in [1.165, 1.54) is 0 Å². The van der Waals surface area contributed by atoms with E-state index in [-0.39, 0.29) is 31.6 Å². The molecule has 0 aliphatic carbocycles. The molecule has 1 aliphatic rings. The van der Waals surface area contributed by atoms with Gasteiger partial charge in [0.05, 0.1) is 6.54 Å². The van der Waals surface area contributed by atoms with Gasteiger partial charge in [-0.1, -0.05) is 11.6 Å². The molecule has 0 spiro atoms. The highest BCUT2D eigenvalue weighted by molar-refractivity contribution is 6.29. The molecule has 1 aliphatic heterocycles. The Morgan fingerprint density at radius 3 is 2.59 bits per heavy atom. The fourth-order valence-electron chi connectivity index (χ4n) is 1.50. The molecular formula is C10H10ClN3O3. The highest BCUT2D eigenvalue weighted by Crippen LogP contribution is 2.10. The van der Waals surface area contributed by atoms with Crippen molar-refractivity contribution in [3.8, 4) is 0 Å². The number of hydrogen-bond donors (Lipinski definition) is 0. The summed E-state index contributed by atoms with van der Waals surface area (Å²) in [6, 6.07) is 1.61. The average molecular weight is 256 g/mol. The van der Waals surface area contributed by atoms with Gasteiger partial charge in [-0.25, -0.2) is 9.97 Å². The quantitative estimate of drug-likeness (QED) is 0.562. The fourth-order valence-corrected chi connectivity index (χ4v) is 1.75. The first-order valence-electron chi connectivity index (χ1n) is 4.97. The first kappa shape index (κ1) is 11.9. The normalized spacial score (nSPS) is 16.5. The first-order valence-corrected chi connectivity index (χ1v) is 5.35. The molecule has 7 heteroatoms. The fraction of sp³-hybridized carbons (Fsp3) is 0.400. The van der Waals surface area contributed by atoms with Crippen molar-refractivity contribution >= 4 is 23.4 Å². The zero-order valence-corrected chi connectivity index (χ0v) is 9.90. The van der Waals surface area contributed by atoms with Crippen LogP contribution in [0.4, 0.5) is 0 Å². The smallest absolute Gasteiger partial charge is 0.255 e. The van der Waals surface area contributed by atoms with Crippen LogP contribution >= 0.6 is 11.6 Å². The summed E-state index contributed by atoms with van der Waals surface area (Å²) < 4.78 is 4.80. The van der Waals surface area contributed by atoms with Crippen LogP contribution in [0.2, 0.25) is 5.15 Å². The monoisotopic (exact) mass is 255 g/mol. The van der Waals surface area contributed by atoms with Gasteiger partial charge in [-0.05, 0) is 13.0 Å². The molecule has 0 saturated carbocycles. The number of morpholine rings is 1. The number of rotatable bonds is 2. The molecule has 17 heavy (non-hydrogen) atoms. The molecule has 1 fully saturated rings. The van der Waals surface area contributed by atoms with Gasteiger partial charge in [0.1, 0.15) is 24.2 Å². The number of carbonyl (C=O) groups excluding carboxylic acids is 2. The zero-order chi connectivity index (χ0) is 12.4. The van der Waals surface area contributed by atoms with Crippen LogP contribution in [0.25, 0.3) is 0 Å². The first-order chi connectivity index (χ1) is 8.06. The standard InChI is InChI=1S/C10H10ClN3O3/c1-6-2-7(11)13-8(12-6)3-14-9(15)4-17-5-10(14)16/h2H,3-5H2,1H3. The summed E-state index contributed by atoms with van der Waals surface area (Å²) in [5, 5.41) is 0.292. The van der Waals surface area contributed by atoms with Gasteiger partial charge in [0, 0.05) is 5.69 Å². The second-order valence-electron chi connectivity index (χ2n) is 3.61. The van der Waals surface area contributed by atoms with Crippen LogP contribution in [0.1, 0.15) is 11.5 Å². The van der Waals surface area contributed by atoms with Gasteiger partial charge in [-0.15, -0.1) is 0 Å². The minimum atomic E-state index is -0.387. The lowest BCUT2D eigenvalue weighted by Gasteiger charge is -2.24. The van der Waals surface area contributed by atoms with Crippen molar-refractivity contribution in [1.29, 1.82) is 0 Å². The molecule has 0 bridgehead atoms. The Balaban J connectivity index is 2.19. The van der Waals surface area contributed by atoms with Gasteiger partial charge in [0.15, 0.2) is 0 Å². The van der Waals surface area contributed by atoms with Crippen molar-refractivity contribution in [2.24, 2.45) is 0 Å². The number of carbonyl (C=O) groups is 2. The second kappa shape index (κ2) is 4.77. The van der Waals surface area contributed by atoms with E-state index in [1.54, 1.807) is 13.0 Å². The van der Waals surface area contributed by atoms with Crippen LogP contribution in [0.5, 0.6) is 0 Å². The Hall–Kier alpha value is -1.53. The number of hydrogen-bond acceptors (Lipinski definition) is 5. The van der Waals surface area contributed by atoms with E-state index < -0.39 is 0 Å². The molecule has 0 atom stereocenters. The Kier molecular flexibility index (Phi) is 3.35. The number of aryl methyl sites for hydroxylation is 1. The van der Waals surface area contributed by atoms with Crippen LogP contribution < -0.4 is 0 Å². The SMILES string of the molecule is Cc1cc(Cl)nc(CN2C(=O)COCC2=O)n1. The minimum Gasteiger partial charge on any atom is -0.362 e. The van der Waals surface area contributed by atoms with Gasteiger partial charge in [0.2, 0.25) is 0 Å². The van der Waals surface area contributed by atoms with Crippen molar-refractivity contribution in [1.82, 2.24) is 14.9 Å². The molecule has 2 amide bonds. The Labute approximate surface area is 103 Å². The van der Waals surface area contributed by atoms with Gasteiger partial charge >= 0.3 is 0 Å². The van der Waals surface area contributed by atoms with Crippen molar-refractivity contribution in [3.63, 3.8) is 0 Å². The van der Waals surface area contributed by atoms with Gasteiger partial charge in [0.25, 0.3) is 11.8 Å². The molecule has 6 nitrogen and oxygen atoms in total. The summed E-state index contributed by atoms with van der Waals surface area (Å²) in [6.45, 7) is 1.61. The predicted molar refractivity (Wildman–Crippen MR) is 58.2 cm³/mol. The summed E-state index contributed by atoms with van der Waals surface area (Å²) in [6.07, 6.45) is 0. The van der Waals surface area contributed by atoms with Crippen LogP contribution in [-0.4, -0.2) is 39.9 Å². The third-order valence-corrected chi connectivity index (χ3v) is 2.42. The number of halogens is 1. The topological polar surface area (TPSA) is 72.4 Å². The largest absolute Gasteiger partial charge is 0.362 e. The van der Waals surface area contributed by atoms with E-state index in [0.717, 1.165) is 4.90 Å². The molecule has 1 aromatic rings. The highest BCUT2D eigenvalue weighted by atomic mass is 35.5. The third kappa shape index (κ3) is 2.78. The lowest BCUT2D eigenvalue weighted by Crippen LogP contribution is -2.45. The van der Waals surface area contributed by atoms with Crippen molar-refractivity contribution < 1.29 is 14.3 Å². The molecule has 0 unspecified atom stereocenters. The minimum absolute atomic E-state index is 0.0302. The number of ether oxygens (including phenoxy) is 1. The summed E-state index contributed by atoms with van der Waals surface area (Å²) in [5.41, 5.74) is 0.688. The number of imide groups is 1. The van der Waals surface area contributed by atoms with E-state index in [1.807, 2.05) is 0 Å². The van der Waals surface area contributed by atoms with Crippen molar-refractivity contribution in [3.05, 3.63) is 22.7 Å². The zero-order valence-electron chi connectivity index (χ0n) is 9.14. The maximum atomic E-state index is 11.5. The molecule has 0 radical (unpaired) electrons. The molecule has 2 rings (SSSR count). The molecule has 0 aromatic carbocycles. The summed E-state index contributed by atoms with van der Waals surface area (Å²) >= 11 is 5.78. The lowest BCUT2D eigenvalue weighted by atomic mass is 10.3. The number of amides is 2. The van der Waals surface area contributed by atoms with Crippen LogP contribution in [0, 0.1) is 6.92 Å². The van der Waals surface area contributed by atoms with Crippen LogP contribution in [0.15, 0.2) is 6.07 Å². The summed E-state index contributed by atoms with van der Waals surface area (Å²) in [7, 11) is 0. The van der Waals surface area contributed by atoms with Crippen molar-refractivity contribution in [2.45, 2.75) is 13.5 Å². The Morgan fingerprint density at radius 1 is 1.35 bits per heavy atom. The predicted octanol–water partition coefficient (Wildman–Crippen LogP) is 0.324. The van der Waals surface area contributed by atoms with E-state index in [4.69, 9.17) is 16.3 Å². The van der Waals surface area contributed by atoms with E-state index in [0.29, 0.717) is 16.7 Å². The number of nitrogens with zero attached hydrogens (tertiary/aromatic N) is 3. The third-order valence-electron chi connectivity index (χ3n) is 2.22. The van der Waals surface area contributed by atoms with Crippen LogP contribution in [0.3, 0.4) is 0 Å². The van der Waals surface area contributed by atoms with E-state index in [2.05, 4.69) is 9.97 Å². The molecule has 1 saturated heterocycles. The van der Waals surface area contributed by atoms with Gasteiger partial charge in [-0.2, -0.15) is 0 Å². The maximum Gasteiger partial charge on any atom is 0.255 e. The molecule has 1 aromatic heterocycles. The van der Waals surface area contributed by atoms with E-state index in [9.17, 15) is 9.59 Å².